The van der Waals surface area contributed by atoms with Gasteiger partial charge in [0.15, 0.2) is 0 Å². The van der Waals surface area contributed by atoms with Crippen molar-refractivity contribution < 1.29 is 14.3 Å². The Bertz CT molecular complexity index is 437. The van der Waals surface area contributed by atoms with E-state index in [2.05, 4.69) is 10.1 Å². The summed E-state index contributed by atoms with van der Waals surface area (Å²) in [5, 5.41) is 2.74. The third-order valence-corrected chi connectivity index (χ3v) is 2.61. The van der Waals surface area contributed by atoms with Gasteiger partial charge in [0.05, 0.1) is 13.7 Å². The first-order valence-electron chi connectivity index (χ1n) is 5.32. The molecule has 0 atom stereocenters. The molecule has 0 fully saturated rings. The number of benzene rings is 1. The fourth-order valence-corrected chi connectivity index (χ4v) is 1.62. The van der Waals surface area contributed by atoms with Crippen LogP contribution in [0.5, 0.6) is 0 Å². The molecule has 0 saturated heterocycles. The van der Waals surface area contributed by atoms with Crippen molar-refractivity contribution in [3.8, 4) is 0 Å². The van der Waals surface area contributed by atoms with Crippen molar-refractivity contribution in [1.29, 1.82) is 0 Å². The minimum absolute atomic E-state index is 0.0837. The van der Waals surface area contributed by atoms with E-state index in [1.165, 1.54) is 7.11 Å². The lowest BCUT2D eigenvalue weighted by Gasteiger charge is -2.16. The molecule has 0 radical (unpaired) electrons. The summed E-state index contributed by atoms with van der Waals surface area (Å²) in [5.74, 6) is -0.420. The zero-order chi connectivity index (χ0) is 13.5. The van der Waals surface area contributed by atoms with E-state index >= 15 is 0 Å². The van der Waals surface area contributed by atoms with Crippen LogP contribution in [0.4, 0.5) is 4.79 Å². The molecule has 0 bridgehead atoms. The quantitative estimate of drug-likeness (QED) is 0.904. The number of carbonyl (C=O) groups is 2. The van der Waals surface area contributed by atoms with Crippen LogP contribution in [0.3, 0.4) is 0 Å². The minimum Gasteiger partial charge on any atom is -0.453 e. The van der Waals surface area contributed by atoms with Crippen molar-refractivity contribution in [3.05, 3.63) is 34.9 Å². The topological polar surface area (TPSA) is 58.6 Å². The maximum atomic E-state index is 11.4. The highest BCUT2D eigenvalue weighted by atomic mass is 35.5. The number of halogens is 1. The molecular weight excluding hydrogens is 256 g/mol. The van der Waals surface area contributed by atoms with Crippen molar-refractivity contribution in [2.24, 2.45) is 0 Å². The average Bonchev–Trinajstić information content (AvgIpc) is 2.31. The molecule has 6 heteroatoms. The van der Waals surface area contributed by atoms with Gasteiger partial charge in [-0.15, -0.1) is 0 Å². The van der Waals surface area contributed by atoms with Crippen molar-refractivity contribution in [3.63, 3.8) is 0 Å². The number of ether oxygens (including phenoxy) is 1. The molecule has 1 rings (SSSR count). The van der Waals surface area contributed by atoms with Crippen molar-refractivity contribution in [2.75, 3.05) is 20.7 Å². The normalized spacial score (nSPS) is 10.2. The lowest BCUT2D eigenvalue weighted by atomic mass is 10.2. The molecule has 18 heavy (non-hydrogen) atoms. The SMILES string of the molecule is COC(=O)NC(=O)CN(C)Cc1ccccc1Cl. The molecule has 0 spiro atoms. The van der Waals surface area contributed by atoms with E-state index in [1.54, 1.807) is 18.0 Å². The summed E-state index contributed by atoms with van der Waals surface area (Å²) in [6.07, 6.45) is -0.758. The Hall–Kier alpha value is -1.59. The number of rotatable bonds is 4. The standard InChI is InChI=1S/C12H15ClN2O3/c1-15(8-11(16)14-12(17)18-2)7-9-5-3-4-6-10(9)13/h3-6H,7-8H2,1-2H3,(H,14,16,17). The molecular formula is C12H15ClN2O3. The zero-order valence-corrected chi connectivity index (χ0v) is 11.0. The summed E-state index contributed by atoms with van der Waals surface area (Å²) >= 11 is 6.01. The van der Waals surface area contributed by atoms with Gasteiger partial charge in [0.2, 0.25) is 5.91 Å². The van der Waals surface area contributed by atoms with Crippen LogP contribution in [0.2, 0.25) is 5.02 Å². The fraction of sp³-hybridized carbons (Fsp3) is 0.333. The number of amides is 2. The molecule has 1 N–H and O–H groups in total. The Balaban J connectivity index is 2.47. The molecule has 98 valence electrons. The second kappa shape index (κ2) is 6.98. The van der Waals surface area contributed by atoms with E-state index < -0.39 is 12.0 Å². The molecule has 0 aliphatic heterocycles. The molecule has 1 aromatic carbocycles. The zero-order valence-electron chi connectivity index (χ0n) is 10.3. The van der Waals surface area contributed by atoms with Gasteiger partial charge in [-0.25, -0.2) is 4.79 Å². The van der Waals surface area contributed by atoms with Crippen LogP contribution in [0.25, 0.3) is 0 Å². The summed E-state index contributed by atoms with van der Waals surface area (Å²) in [5.41, 5.74) is 0.924. The maximum absolute atomic E-state index is 11.4. The maximum Gasteiger partial charge on any atom is 0.413 e. The predicted octanol–water partition coefficient (Wildman–Crippen LogP) is 1.65. The lowest BCUT2D eigenvalue weighted by Crippen LogP contribution is -2.38. The molecule has 0 aliphatic rings. The Morgan fingerprint density at radius 1 is 1.39 bits per heavy atom. The van der Waals surface area contributed by atoms with Crippen LogP contribution in [-0.4, -0.2) is 37.6 Å². The van der Waals surface area contributed by atoms with Gasteiger partial charge < -0.3 is 4.74 Å². The minimum atomic E-state index is -0.758. The number of nitrogens with zero attached hydrogens (tertiary/aromatic N) is 1. The van der Waals surface area contributed by atoms with Crippen LogP contribution in [0.15, 0.2) is 24.3 Å². The van der Waals surface area contributed by atoms with Crippen LogP contribution in [0, 0.1) is 0 Å². The second-order valence-electron chi connectivity index (χ2n) is 3.80. The Labute approximate surface area is 111 Å². The summed E-state index contributed by atoms with van der Waals surface area (Å²) in [4.78, 5) is 24.0. The van der Waals surface area contributed by atoms with E-state index in [-0.39, 0.29) is 6.54 Å². The summed E-state index contributed by atoms with van der Waals surface area (Å²) in [6.45, 7) is 0.606. The third-order valence-electron chi connectivity index (χ3n) is 2.24. The summed E-state index contributed by atoms with van der Waals surface area (Å²) in [7, 11) is 2.97. The van der Waals surface area contributed by atoms with Gasteiger partial charge in [0.1, 0.15) is 0 Å². The van der Waals surface area contributed by atoms with Gasteiger partial charge in [0, 0.05) is 11.6 Å². The molecule has 0 saturated carbocycles. The molecule has 2 amide bonds. The van der Waals surface area contributed by atoms with E-state index in [0.717, 1.165) is 5.56 Å². The van der Waals surface area contributed by atoms with Gasteiger partial charge in [-0.05, 0) is 18.7 Å². The van der Waals surface area contributed by atoms with Crippen molar-refractivity contribution in [1.82, 2.24) is 10.2 Å². The number of alkyl carbamates (subject to hydrolysis) is 1. The molecule has 0 aliphatic carbocycles. The molecule has 1 aromatic rings. The number of nitrogens with one attached hydrogen (secondary N) is 1. The first kappa shape index (κ1) is 14.5. The number of imide groups is 1. The number of hydrogen-bond acceptors (Lipinski definition) is 4. The highest BCUT2D eigenvalue weighted by Crippen LogP contribution is 2.16. The Morgan fingerprint density at radius 2 is 2.06 bits per heavy atom. The average molecular weight is 271 g/mol. The first-order chi connectivity index (χ1) is 8.52. The van der Waals surface area contributed by atoms with Crippen molar-refractivity contribution in [2.45, 2.75) is 6.54 Å². The largest absolute Gasteiger partial charge is 0.453 e. The number of methoxy groups -OCH3 is 1. The molecule has 0 heterocycles. The van der Waals surface area contributed by atoms with Gasteiger partial charge in [-0.3, -0.25) is 15.0 Å². The van der Waals surface area contributed by atoms with E-state index in [4.69, 9.17) is 11.6 Å². The van der Waals surface area contributed by atoms with Crippen LogP contribution in [-0.2, 0) is 16.1 Å². The summed E-state index contributed by atoms with van der Waals surface area (Å²) in [6, 6.07) is 7.40. The van der Waals surface area contributed by atoms with Crippen LogP contribution in [0.1, 0.15) is 5.56 Å². The Kier molecular flexibility index (Phi) is 5.61. The fourth-order valence-electron chi connectivity index (χ4n) is 1.42. The first-order valence-corrected chi connectivity index (χ1v) is 5.70. The van der Waals surface area contributed by atoms with Crippen molar-refractivity contribution >= 4 is 23.6 Å². The number of hydrogen-bond donors (Lipinski definition) is 1. The van der Waals surface area contributed by atoms with Gasteiger partial charge >= 0.3 is 6.09 Å². The Morgan fingerprint density at radius 3 is 2.67 bits per heavy atom. The highest BCUT2D eigenvalue weighted by molar-refractivity contribution is 6.31. The molecule has 0 unspecified atom stereocenters. The molecule has 5 nitrogen and oxygen atoms in total. The summed E-state index contributed by atoms with van der Waals surface area (Å²) < 4.78 is 4.33. The second-order valence-corrected chi connectivity index (χ2v) is 4.21. The van der Waals surface area contributed by atoms with Gasteiger partial charge in [-0.2, -0.15) is 0 Å². The molecule has 0 aromatic heterocycles. The monoisotopic (exact) mass is 270 g/mol. The third kappa shape index (κ3) is 4.73. The van der Waals surface area contributed by atoms with E-state index in [1.807, 2.05) is 18.2 Å². The van der Waals surface area contributed by atoms with E-state index in [0.29, 0.717) is 11.6 Å². The smallest absolute Gasteiger partial charge is 0.413 e. The van der Waals surface area contributed by atoms with E-state index in [9.17, 15) is 9.59 Å². The van der Waals surface area contributed by atoms with Crippen LogP contribution >= 0.6 is 11.6 Å². The van der Waals surface area contributed by atoms with Gasteiger partial charge in [0.25, 0.3) is 0 Å². The van der Waals surface area contributed by atoms with Crippen LogP contribution < -0.4 is 5.32 Å². The highest BCUT2D eigenvalue weighted by Gasteiger charge is 2.11. The number of likely N-dealkylation sites (N-methyl/N-ethyl adjacent to an activating group) is 1. The lowest BCUT2D eigenvalue weighted by molar-refractivity contribution is -0.121. The van der Waals surface area contributed by atoms with Gasteiger partial charge in [-0.1, -0.05) is 29.8 Å². The predicted molar refractivity (Wildman–Crippen MR) is 68.3 cm³/mol. The number of carbonyl (C=O) groups excluding carboxylic acids is 2.